The second kappa shape index (κ2) is 20.4. The number of carbonyl (C=O) groups is 3. The maximum absolute atomic E-state index is 14.5. The smallest absolute Gasteiger partial charge is 0.481 e. The molecule has 13 nitrogen and oxygen atoms in total. The van der Waals surface area contributed by atoms with Crippen molar-refractivity contribution in [3.8, 4) is 28.6 Å². The van der Waals surface area contributed by atoms with Crippen molar-refractivity contribution in [2.24, 2.45) is 10.8 Å². The molecule has 0 atom stereocenters. The molecule has 0 unspecified atom stereocenters. The Hall–Kier alpha value is -6.37. The van der Waals surface area contributed by atoms with Crippen molar-refractivity contribution in [1.29, 1.82) is 0 Å². The Morgan fingerprint density at radius 3 is 1.55 bits per heavy atom. The van der Waals surface area contributed by atoms with Crippen LogP contribution >= 0.6 is 0 Å². The summed E-state index contributed by atoms with van der Waals surface area (Å²) < 4.78 is 116. The van der Waals surface area contributed by atoms with Crippen molar-refractivity contribution < 1.29 is 72.6 Å². The van der Waals surface area contributed by atoms with Crippen LogP contribution in [0.1, 0.15) is 95.6 Å². The van der Waals surface area contributed by atoms with E-state index in [-0.39, 0.29) is 28.0 Å². The Morgan fingerprint density at radius 2 is 1.08 bits per heavy atom. The van der Waals surface area contributed by atoms with Gasteiger partial charge in [-0.2, -0.15) is 21.6 Å². The number of rotatable bonds is 10. The Balaban J connectivity index is 0.000000222. The van der Waals surface area contributed by atoms with Crippen molar-refractivity contribution in [3.05, 3.63) is 113 Å². The SMILES string of the molecule is COC(=O)c1cc(OC)ncc1F.COC(=O)c1ccc(-c2cc(OC)ncc2F)c(C2=CCCC2(C)C)c1.COC(=O)c1ccc(OS(=O)(=O)C(F)(F)F)c(C2=CCCC2(C)C)c1. The first-order valence-corrected chi connectivity index (χ1v) is 20.7. The number of aromatic nitrogens is 2. The van der Waals surface area contributed by atoms with Crippen molar-refractivity contribution in [2.75, 3.05) is 35.5 Å². The Bertz CT molecular complexity index is 2570. The van der Waals surface area contributed by atoms with E-state index in [2.05, 4.69) is 43.5 Å². The van der Waals surface area contributed by atoms with Crippen molar-refractivity contribution >= 4 is 39.2 Å². The third-order valence-corrected chi connectivity index (χ3v) is 11.3. The fourth-order valence-electron chi connectivity index (χ4n) is 6.93. The minimum Gasteiger partial charge on any atom is -0.481 e. The van der Waals surface area contributed by atoms with E-state index in [1.165, 1.54) is 47.7 Å². The molecule has 0 N–H and O–H groups in total. The average molecular weight is 919 g/mol. The first-order valence-electron chi connectivity index (χ1n) is 19.3. The molecule has 0 radical (unpaired) electrons. The topological polar surface area (TPSA) is 167 Å². The number of hydrogen-bond acceptors (Lipinski definition) is 13. The number of hydrogen-bond donors (Lipinski definition) is 0. The van der Waals surface area contributed by atoms with Crippen LogP contribution in [0, 0.1) is 22.5 Å². The average Bonchev–Trinajstić information content (AvgIpc) is 3.81. The zero-order valence-corrected chi connectivity index (χ0v) is 37.3. The lowest BCUT2D eigenvalue weighted by Gasteiger charge is -2.25. The highest BCUT2D eigenvalue weighted by molar-refractivity contribution is 7.88. The highest BCUT2D eigenvalue weighted by Crippen LogP contribution is 2.49. The molecule has 0 aliphatic heterocycles. The minimum absolute atomic E-state index is 0.0584. The largest absolute Gasteiger partial charge is 0.534 e. The Labute approximate surface area is 367 Å². The van der Waals surface area contributed by atoms with Gasteiger partial charge in [-0.05, 0) is 89.1 Å². The number of pyridine rings is 2. The maximum Gasteiger partial charge on any atom is 0.534 e. The third-order valence-electron chi connectivity index (χ3n) is 10.4. The molecule has 0 amide bonds. The van der Waals surface area contributed by atoms with Gasteiger partial charge >= 0.3 is 33.5 Å². The van der Waals surface area contributed by atoms with E-state index < -0.39 is 56.3 Å². The zero-order valence-electron chi connectivity index (χ0n) is 36.4. The molecule has 2 heterocycles. The van der Waals surface area contributed by atoms with Crippen molar-refractivity contribution in [2.45, 2.75) is 58.9 Å². The van der Waals surface area contributed by atoms with Gasteiger partial charge in [0, 0.05) is 23.3 Å². The molecule has 0 saturated heterocycles. The summed E-state index contributed by atoms with van der Waals surface area (Å²) in [5, 5.41) is 0. The zero-order chi connectivity index (χ0) is 47.8. The van der Waals surface area contributed by atoms with E-state index in [9.17, 15) is 44.8 Å². The fraction of sp³-hybridized carbons (Fsp3) is 0.356. The van der Waals surface area contributed by atoms with Gasteiger partial charge in [0.05, 0.1) is 59.1 Å². The molecule has 19 heteroatoms. The number of carbonyl (C=O) groups excluding carboxylic acids is 3. The molecule has 344 valence electrons. The minimum atomic E-state index is -5.82. The molecule has 0 spiro atoms. The summed E-state index contributed by atoms with van der Waals surface area (Å²) in [4.78, 5) is 42.2. The fourth-order valence-corrected chi connectivity index (χ4v) is 7.41. The molecule has 0 saturated carbocycles. The number of benzene rings is 2. The molecule has 2 aromatic carbocycles. The number of ether oxygens (including phenoxy) is 5. The van der Waals surface area contributed by atoms with Gasteiger partial charge < -0.3 is 27.9 Å². The Morgan fingerprint density at radius 1 is 0.609 bits per heavy atom. The van der Waals surface area contributed by atoms with Crippen molar-refractivity contribution in [3.63, 3.8) is 0 Å². The predicted molar refractivity (Wildman–Crippen MR) is 225 cm³/mol. The van der Waals surface area contributed by atoms with Gasteiger partial charge in [0.2, 0.25) is 11.8 Å². The van der Waals surface area contributed by atoms with E-state index in [0.29, 0.717) is 34.6 Å². The highest BCUT2D eigenvalue weighted by atomic mass is 32.2. The lowest BCUT2D eigenvalue weighted by atomic mass is 9.79. The molecular weight excluding hydrogens is 872 g/mol. The van der Waals surface area contributed by atoms with Crippen LogP contribution in [-0.4, -0.2) is 77.4 Å². The van der Waals surface area contributed by atoms with Gasteiger partial charge in [0.1, 0.15) is 11.4 Å². The summed E-state index contributed by atoms with van der Waals surface area (Å²) in [5.74, 6) is -3.00. The van der Waals surface area contributed by atoms with Crippen LogP contribution in [0.5, 0.6) is 17.5 Å². The summed E-state index contributed by atoms with van der Waals surface area (Å²) >= 11 is 0. The highest BCUT2D eigenvalue weighted by Gasteiger charge is 2.49. The maximum atomic E-state index is 14.5. The standard InChI is InChI=1S/C21H22FNO3.C16H17F3O5S.C8H8FNO3/c1-21(2)9-5-6-17(21)15-10-13(20(24)26-4)7-8-14(15)16-11-19(25-3)23-12-18(16)22;1-15(2)8-4-5-12(15)11-9-10(14(20)23-3)6-7-13(11)24-25(21,22)16(17,18)19;1-12-7-3-5(8(11)13-2)6(9)4-10-7/h6-8,10-12H,5,9H2,1-4H3;5-7,9H,4,8H2,1-3H3;3-4H,1-2H3. The van der Waals surface area contributed by atoms with E-state index in [1.54, 1.807) is 30.3 Å². The van der Waals surface area contributed by atoms with Crippen LogP contribution in [0.4, 0.5) is 22.0 Å². The second-order valence-corrected chi connectivity index (χ2v) is 17.0. The van der Waals surface area contributed by atoms with Crippen molar-refractivity contribution in [1.82, 2.24) is 9.97 Å². The van der Waals surface area contributed by atoms with Crippen LogP contribution in [0.15, 0.2) is 73.1 Å². The molecule has 2 aliphatic carbocycles. The number of alkyl halides is 3. The van der Waals surface area contributed by atoms with Crippen LogP contribution in [0.25, 0.3) is 22.3 Å². The second-order valence-electron chi connectivity index (χ2n) is 15.4. The summed E-state index contributed by atoms with van der Waals surface area (Å²) in [6.45, 7) is 8.06. The quantitative estimate of drug-likeness (QED) is 0.0485. The predicted octanol–water partition coefficient (Wildman–Crippen LogP) is 9.81. The number of nitrogens with zero attached hydrogens (tertiary/aromatic N) is 2. The van der Waals surface area contributed by atoms with Gasteiger partial charge in [-0.25, -0.2) is 33.1 Å². The number of halogens is 5. The molecule has 2 aliphatic rings. The molecule has 64 heavy (non-hydrogen) atoms. The molecule has 0 bridgehead atoms. The first kappa shape index (κ1) is 50.3. The lowest BCUT2D eigenvalue weighted by Crippen LogP contribution is -2.28. The van der Waals surface area contributed by atoms with Crippen LogP contribution in [-0.2, 0) is 24.3 Å². The van der Waals surface area contributed by atoms with E-state index in [4.69, 9.17) is 14.2 Å². The summed E-state index contributed by atoms with van der Waals surface area (Å²) in [6.07, 6.45) is 9.39. The van der Waals surface area contributed by atoms with Gasteiger partial charge in [0.15, 0.2) is 11.6 Å². The molecule has 4 aromatic rings. The summed E-state index contributed by atoms with van der Waals surface area (Å²) in [7, 11) is 0.739. The van der Waals surface area contributed by atoms with Crippen LogP contribution in [0.2, 0.25) is 0 Å². The summed E-state index contributed by atoms with van der Waals surface area (Å²) in [5.41, 5.74) is -1.90. The first-order chi connectivity index (χ1) is 29.9. The number of allylic oxidation sites excluding steroid dienone is 4. The molecule has 0 fully saturated rings. The molecule has 6 rings (SSSR count). The number of methoxy groups -OCH3 is 5. The van der Waals surface area contributed by atoms with Gasteiger partial charge in [-0.1, -0.05) is 45.9 Å². The van der Waals surface area contributed by atoms with Gasteiger partial charge in [-0.15, -0.1) is 0 Å². The van der Waals surface area contributed by atoms with Crippen LogP contribution < -0.4 is 13.7 Å². The monoisotopic (exact) mass is 918 g/mol. The van der Waals surface area contributed by atoms with E-state index in [1.807, 2.05) is 13.8 Å². The number of esters is 3. The third kappa shape index (κ3) is 11.6. The Kier molecular flexibility index (Phi) is 16.0. The van der Waals surface area contributed by atoms with E-state index in [0.717, 1.165) is 54.9 Å². The normalized spacial score (nSPS) is 14.9. The molecular formula is C45H47F5N2O11S. The summed E-state index contributed by atoms with van der Waals surface area (Å²) in [6, 6.07) is 11.4. The van der Waals surface area contributed by atoms with Gasteiger partial charge in [0.25, 0.3) is 0 Å². The van der Waals surface area contributed by atoms with Crippen LogP contribution in [0.3, 0.4) is 0 Å². The van der Waals surface area contributed by atoms with Gasteiger partial charge in [-0.3, -0.25) is 0 Å². The molecule has 2 aromatic heterocycles. The van der Waals surface area contributed by atoms with E-state index >= 15 is 0 Å². The lowest BCUT2D eigenvalue weighted by molar-refractivity contribution is -0.0500.